The third kappa shape index (κ3) is 5.25. The van der Waals surface area contributed by atoms with Crippen LogP contribution < -0.4 is 15.4 Å². The highest BCUT2D eigenvalue weighted by Gasteiger charge is 2.23. The minimum Gasteiger partial charge on any atom is -0.497 e. The van der Waals surface area contributed by atoms with Crippen molar-refractivity contribution in [1.82, 2.24) is 5.32 Å². The van der Waals surface area contributed by atoms with Crippen LogP contribution in [0.15, 0.2) is 24.3 Å². The number of ether oxygens (including phenoxy) is 1. The van der Waals surface area contributed by atoms with Gasteiger partial charge in [-0.2, -0.15) is 0 Å². The predicted molar refractivity (Wildman–Crippen MR) is 87.2 cm³/mol. The van der Waals surface area contributed by atoms with E-state index in [0.717, 1.165) is 25.7 Å². The van der Waals surface area contributed by atoms with E-state index in [1.807, 2.05) is 0 Å². The van der Waals surface area contributed by atoms with Crippen LogP contribution in [0.25, 0.3) is 0 Å². The van der Waals surface area contributed by atoms with Crippen molar-refractivity contribution in [2.75, 3.05) is 19.0 Å². The molecular weight excluding hydrogens is 296 g/mol. The van der Waals surface area contributed by atoms with E-state index >= 15 is 0 Å². The number of amides is 2. The molecule has 6 heteroatoms. The van der Waals surface area contributed by atoms with Crippen LogP contribution in [0.5, 0.6) is 5.75 Å². The summed E-state index contributed by atoms with van der Waals surface area (Å²) < 4.78 is 5.06. The lowest BCUT2D eigenvalue weighted by Gasteiger charge is -2.26. The van der Waals surface area contributed by atoms with Crippen molar-refractivity contribution in [3.63, 3.8) is 0 Å². The van der Waals surface area contributed by atoms with Crippen LogP contribution in [0.1, 0.15) is 32.1 Å². The van der Waals surface area contributed by atoms with Crippen molar-refractivity contribution in [3.05, 3.63) is 24.3 Å². The summed E-state index contributed by atoms with van der Waals surface area (Å²) in [5, 5.41) is 15.1. The van der Waals surface area contributed by atoms with E-state index in [2.05, 4.69) is 10.6 Å². The van der Waals surface area contributed by atoms with E-state index in [9.17, 15) is 14.7 Å². The zero-order valence-electron chi connectivity index (χ0n) is 13.4. The first-order valence-electron chi connectivity index (χ1n) is 8.01. The van der Waals surface area contributed by atoms with Gasteiger partial charge in [0.1, 0.15) is 5.75 Å². The quantitative estimate of drug-likeness (QED) is 0.721. The van der Waals surface area contributed by atoms with Gasteiger partial charge in [0.05, 0.1) is 13.2 Å². The number of anilines is 1. The monoisotopic (exact) mass is 320 g/mol. The van der Waals surface area contributed by atoms with E-state index in [1.165, 1.54) is 13.5 Å². The van der Waals surface area contributed by atoms with Crippen LogP contribution in [0, 0.1) is 5.92 Å². The Morgan fingerprint density at radius 1 is 1.26 bits per heavy atom. The Morgan fingerprint density at radius 3 is 2.70 bits per heavy atom. The second-order valence-electron chi connectivity index (χ2n) is 5.86. The molecule has 1 unspecified atom stereocenters. The van der Waals surface area contributed by atoms with Crippen LogP contribution in [0.3, 0.4) is 0 Å². The summed E-state index contributed by atoms with van der Waals surface area (Å²) >= 11 is 0. The average Bonchev–Trinajstić information content (AvgIpc) is 2.60. The van der Waals surface area contributed by atoms with Gasteiger partial charge in [0, 0.05) is 18.3 Å². The van der Waals surface area contributed by atoms with Crippen LogP contribution in [-0.4, -0.2) is 36.7 Å². The van der Waals surface area contributed by atoms with Crippen molar-refractivity contribution >= 4 is 17.5 Å². The van der Waals surface area contributed by atoms with Gasteiger partial charge in [0.25, 0.3) is 0 Å². The molecule has 0 heterocycles. The summed E-state index contributed by atoms with van der Waals surface area (Å²) in [5.74, 6) is -0.696. The lowest BCUT2D eigenvalue weighted by molar-refractivity contribution is -0.136. The summed E-state index contributed by atoms with van der Waals surface area (Å²) in [6.07, 6.45) is 4.81. The van der Waals surface area contributed by atoms with Crippen LogP contribution in [0.2, 0.25) is 0 Å². The highest BCUT2D eigenvalue weighted by Crippen LogP contribution is 2.26. The number of methoxy groups -OCH3 is 1. The summed E-state index contributed by atoms with van der Waals surface area (Å²) in [7, 11) is 1.53. The molecule has 1 atom stereocenters. The Balaban J connectivity index is 1.79. The molecule has 1 saturated carbocycles. The van der Waals surface area contributed by atoms with Crippen LogP contribution >= 0.6 is 0 Å². The second kappa shape index (κ2) is 8.53. The molecule has 1 aromatic carbocycles. The first-order chi connectivity index (χ1) is 11.1. The molecule has 1 aliphatic carbocycles. The molecule has 0 spiro atoms. The van der Waals surface area contributed by atoms with Gasteiger partial charge >= 0.3 is 11.8 Å². The fourth-order valence-corrected chi connectivity index (χ4v) is 2.85. The smallest absolute Gasteiger partial charge is 0.313 e. The van der Waals surface area contributed by atoms with E-state index in [0.29, 0.717) is 11.4 Å². The molecule has 2 rings (SSSR count). The Morgan fingerprint density at radius 2 is 2.00 bits per heavy atom. The molecule has 0 saturated heterocycles. The largest absolute Gasteiger partial charge is 0.497 e. The number of aliphatic hydroxyl groups is 1. The molecule has 1 fully saturated rings. The molecule has 1 aromatic rings. The molecule has 6 nitrogen and oxygen atoms in total. The fraction of sp³-hybridized carbons (Fsp3) is 0.529. The lowest BCUT2D eigenvalue weighted by atomic mass is 9.85. The van der Waals surface area contributed by atoms with Crippen molar-refractivity contribution in [2.45, 2.75) is 38.2 Å². The third-order valence-corrected chi connectivity index (χ3v) is 4.20. The minimum absolute atomic E-state index is 0.106. The van der Waals surface area contributed by atoms with E-state index < -0.39 is 17.9 Å². The molecule has 1 aliphatic rings. The van der Waals surface area contributed by atoms with Gasteiger partial charge in [0.15, 0.2) is 0 Å². The van der Waals surface area contributed by atoms with Crippen molar-refractivity contribution in [3.8, 4) is 5.75 Å². The molecular formula is C17H24N2O4. The molecule has 2 amide bonds. The SMILES string of the molecule is COc1cccc(NC(=O)C(=O)NCC(O)C2CCCCC2)c1. The van der Waals surface area contributed by atoms with Gasteiger partial charge in [-0.1, -0.05) is 25.3 Å². The summed E-state index contributed by atoms with van der Waals surface area (Å²) in [6, 6.07) is 6.77. The van der Waals surface area contributed by atoms with Crippen molar-refractivity contribution < 1.29 is 19.4 Å². The summed E-state index contributed by atoms with van der Waals surface area (Å²) in [6.45, 7) is 0.106. The van der Waals surface area contributed by atoms with Crippen LogP contribution in [-0.2, 0) is 9.59 Å². The Bertz CT molecular complexity index is 541. The molecule has 0 aromatic heterocycles. The first kappa shape index (κ1) is 17.3. The molecule has 3 N–H and O–H groups in total. The third-order valence-electron chi connectivity index (χ3n) is 4.20. The van der Waals surface area contributed by atoms with E-state index in [4.69, 9.17) is 4.74 Å². The minimum atomic E-state index is -0.755. The zero-order chi connectivity index (χ0) is 16.7. The molecule has 126 valence electrons. The van der Waals surface area contributed by atoms with Crippen molar-refractivity contribution in [2.24, 2.45) is 5.92 Å². The lowest BCUT2D eigenvalue weighted by Crippen LogP contribution is -2.42. The van der Waals surface area contributed by atoms with Gasteiger partial charge in [0.2, 0.25) is 0 Å². The number of hydrogen-bond donors (Lipinski definition) is 3. The molecule has 0 radical (unpaired) electrons. The number of carbonyl (C=O) groups excluding carboxylic acids is 2. The second-order valence-corrected chi connectivity index (χ2v) is 5.86. The number of benzene rings is 1. The van der Waals surface area contributed by atoms with Gasteiger partial charge < -0.3 is 20.5 Å². The number of nitrogens with one attached hydrogen (secondary N) is 2. The maximum Gasteiger partial charge on any atom is 0.313 e. The number of rotatable bonds is 5. The zero-order valence-corrected chi connectivity index (χ0v) is 13.4. The van der Waals surface area contributed by atoms with Gasteiger partial charge in [-0.3, -0.25) is 9.59 Å². The molecule has 0 bridgehead atoms. The first-order valence-corrected chi connectivity index (χ1v) is 8.01. The van der Waals surface area contributed by atoms with Gasteiger partial charge in [-0.25, -0.2) is 0 Å². The normalized spacial score (nSPS) is 16.4. The number of aliphatic hydroxyl groups excluding tert-OH is 1. The summed E-state index contributed by atoms with van der Waals surface area (Å²) in [5.41, 5.74) is 0.484. The molecule has 23 heavy (non-hydrogen) atoms. The highest BCUT2D eigenvalue weighted by molar-refractivity contribution is 6.39. The average molecular weight is 320 g/mol. The number of carbonyl (C=O) groups is 2. The Labute approximate surface area is 136 Å². The van der Waals surface area contributed by atoms with Crippen LogP contribution in [0.4, 0.5) is 5.69 Å². The van der Waals surface area contributed by atoms with Gasteiger partial charge in [-0.15, -0.1) is 0 Å². The highest BCUT2D eigenvalue weighted by atomic mass is 16.5. The van der Waals surface area contributed by atoms with Gasteiger partial charge in [-0.05, 0) is 30.9 Å². The predicted octanol–water partition coefficient (Wildman–Crippen LogP) is 1.69. The Hall–Kier alpha value is -2.08. The fourth-order valence-electron chi connectivity index (χ4n) is 2.85. The number of hydrogen-bond acceptors (Lipinski definition) is 4. The maximum atomic E-state index is 11.9. The standard InChI is InChI=1S/C17H24N2O4/c1-23-14-9-5-8-13(10-14)19-17(22)16(21)18-11-15(20)12-6-3-2-4-7-12/h5,8-10,12,15,20H,2-4,6-7,11H2,1H3,(H,18,21)(H,19,22). The summed E-state index contributed by atoms with van der Waals surface area (Å²) in [4.78, 5) is 23.7. The Kier molecular flexibility index (Phi) is 6.40. The van der Waals surface area contributed by atoms with E-state index in [-0.39, 0.29) is 12.5 Å². The maximum absolute atomic E-state index is 11.9. The topological polar surface area (TPSA) is 87.7 Å². The molecule has 0 aliphatic heterocycles. The van der Waals surface area contributed by atoms with Crippen molar-refractivity contribution in [1.29, 1.82) is 0 Å². The van der Waals surface area contributed by atoms with E-state index in [1.54, 1.807) is 24.3 Å².